The van der Waals surface area contributed by atoms with E-state index in [-0.39, 0.29) is 18.4 Å². The second-order valence-electron chi connectivity index (χ2n) is 6.72. The number of aryl methyl sites for hydroxylation is 1. The average Bonchev–Trinajstić information content (AvgIpc) is 3.10. The molecule has 156 valence electrons. The van der Waals surface area contributed by atoms with Gasteiger partial charge in [0, 0.05) is 5.56 Å². The van der Waals surface area contributed by atoms with E-state index in [1.165, 1.54) is 18.4 Å². The van der Waals surface area contributed by atoms with E-state index >= 15 is 0 Å². The Morgan fingerprint density at radius 1 is 1.13 bits per heavy atom. The lowest BCUT2D eigenvalue weighted by Crippen LogP contribution is -2.38. The summed E-state index contributed by atoms with van der Waals surface area (Å²) in [4.78, 5) is 41.8. The van der Waals surface area contributed by atoms with Crippen LogP contribution in [0.3, 0.4) is 0 Å². The number of esters is 1. The van der Waals surface area contributed by atoms with Crippen LogP contribution in [-0.2, 0) is 14.3 Å². The lowest BCUT2D eigenvalue weighted by molar-refractivity contribution is -0.141. The van der Waals surface area contributed by atoms with Gasteiger partial charge in [0.05, 0.1) is 17.3 Å². The van der Waals surface area contributed by atoms with Crippen molar-refractivity contribution in [2.75, 3.05) is 13.7 Å². The smallest absolute Gasteiger partial charge is 0.325 e. The molecule has 1 heterocycles. The van der Waals surface area contributed by atoms with Crippen LogP contribution in [0.2, 0.25) is 0 Å². The van der Waals surface area contributed by atoms with Gasteiger partial charge in [-0.15, -0.1) is 0 Å². The van der Waals surface area contributed by atoms with E-state index in [0.29, 0.717) is 16.8 Å². The van der Waals surface area contributed by atoms with Gasteiger partial charge in [-0.25, -0.2) is 0 Å². The Labute approximate surface area is 178 Å². The molecule has 0 saturated carbocycles. The quantitative estimate of drug-likeness (QED) is 0.615. The van der Waals surface area contributed by atoms with Crippen LogP contribution in [0.15, 0.2) is 53.5 Å². The molecular formula is C22H23N3O4S. The van der Waals surface area contributed by atoms with Crippen molar-refractivity contribution in [1.29, 1.82) is 0 Å². The molecule has 1 aromatic heterocycles. The summed E-state index contributed by atoms with van der Waals surface area (Å²) in [5, 5.41) is 2.60. The number of benzene rings is 2. The lowest BCUT2D eigenvalue weighted by atomic mass is 10.1. The fourth-order valence-corrected chi connectivity index (χ4v) is 4.12. The van der Waals surface area contributed by atoms with Crippen LogP contribution < -0.4 is 10.1 Å². The summed E-state index contributed by atoms with van der Waals surface area (Å²) in [5.74, 6) is -1.24. The van der Waals surface area contributed by atoms with Gasteiger partial charge in [0.2, 0.25) is 5.91 Å². The van der Waals surface area contributed by atoms with Crippen LogP contribution in [0.1, 0.15) is 35.3 Å². The fourth-order valence-electron chi connectivity index (χ4n) is 3.05. The molecule has 0 saturated heterocycles. The molecule has 0 aliphatic heterocycles. The largest absolute Gasteiger partial charge is 0.468 e. The Bertz CT molecular complexity index is 1150. The lowest BCUT2D eigenvalue weighted by Gasteiger charge is -2.17. The van der Waals surface area contributed by atoms with Crippen LogP contribution in [0, 0.1) is 6.92 Å². The first kappa shape index (κ1) is 21.4. The highest BCUT2D eigenvalue weighted by Crippen LogP contribution is 2.22. The molecule has 30 heavy (non-hydrogen) atoms. The summed E-state index contributed by atoms with van der Waals surface area (Å²) in [6, 6.07) is 14.1. The summed E-state index contributed by atoms with van der Waals surface area (Å²) < 4.78 is 7.26. The highest BCUT2D eigenvalue weighted by atomic mass is 32.1. The van der Waals surface area contributed by atoms with Crippen molar-refractivity contribution in [3.8, 4) is 0 Å². The van der Waals surface area contributed by atoms with Crippen LogP contribution in [-0.4, -0.2) is 36.0 Å². The van der Waals surface area contributed by atoms with Crippen LogP contribution >= 0.6 is 11.3 Å². The van der Waals surface area contributed by atoms with Crippen molar-refractivity contribution >= 4 is 39.3 Å². The van der Waals surface area contributed by atoms with Gasteiger partial charge in [-0.1, -0.05) is 48.1 Å². The van der Waals surface area contributed by atoms with E-state index in [1.807, 2.05) is 50.2 Å². The predicted molar refractivity (Wildman–Crippen MR) is 115 cm³/mol. The number of methoxy groups -OCH3 is 1. The number of thiazole rings is 1. The Kier molecular flexibility index (Phi) is 6.79. The maximum Gasteiger partial charge on any atom is 0.325 e. The third-order valence-corrected chi connectivity index (χ3v) is 5.70. The van der Waals surface area contributed by atoms with Gasteiger partial charge in [0.15, 0.2) is 4.80 Å². The molecule has 1 N–H and O–H groups in total. The van der Waals surface area contributed by atoms with Crippen LogP contribution in [0.5, 0.6) is 0 Å². The van der Waals surface area contributed by atoms with E-state index < -0.39 is 12.0 Å². The molecule has 0 aliphatic carbocycles. The second kappa shape index (κ2) is 9.49. The zero-order valence-electron chi connectivity index (χ0n) is 17.0. The van der Waals surface area contributed by atoms with Gasteiger partial charge in [-0.05, 0) is 37.6 Å². The van der Waals surface area contributed by atoms with Crippen molar-refractivity contribution in [3.63, 3.8) is 0 Å². The summed E-state index contributed by atoms with van der Waals surface area (Å²) in [5.41, 5.74) is 2.34. The van der Waals surface area contributed by atoms with E-state index in [4.69, 9.17) is 0 Å². The number of amides is 2. The van der Waals surface area contributed by atoms with Gasteiger partial charge in [0.25, 0.3) is 5.91 Å². The Hall–Kier alpha value is -3.26. The topological polar surface area (TPSA) is 89.8 Å². The van der Waals surface area contributed by atoms with Crippen LogP contribution in [0.4, 0.5) is 0 Å². The third-order valence-electron chi connectivity index (χ3n) is 4.66. The van der Waals surface area contributed by atoms with E-state index in [9.17, 15) is 14.4 Å². The van der Waals surface area contributed by atoms with Crippen molar-refractivity contribution in [3.05, 3.63) is 64.5 Å². The van der Waals surface area contributed by atoms with E-state index in [2.05, 4.69) is 15.0 Å². The van der Waals surface area contributed by atoms with Crippen molar-refractivity contribution in [2.24, 2.45) is 4.99 Å². The molecule has 8 heteroatoms. The van der Waals surface area contributed by atoms with Gasteiger partial charge >= 0.3 is 5.97 Å². The van der Waals surface area contributed by atoms with Gasteiger partial charge in [-0.3, -0.25) is 14.4 Å². The number of carbonyl (C=O) groups excluding carboxylic acids is 3. The number of aromatic nitrogens is 1. The maximum absolute atomic E-state index is 12.8. The third kappa shape index (κ3) is 4.65. The zero-order valence-corrected chi connectivity index (χ0v) is 17.9. The van der Waals surface area contributed by atoms with E-state index in [1.54, 1.807) is 16.7 Å². The minimum Gasteiger partial charge on any atom is -0.468 e. The number of hydrogen-bond acceptors (Lipinski definition) is 5. The molecule has 0 bridgehead atoms. The number of rotatable bonds is 6. The molecule has 2 aromatic carbocycles. The first-order chi connectivity index (χ1) is 14.4. The van der Waals surface area contributed by atoms with Crippen LogP contribution in [0.25, 0.3) is 10.2 Å². The first-order valence-corrected chi connectivity index (χ1v) is 10.4. The molecule has 1 unspecified atom stereocenters. The molecule has 3 aromatic rings. The molecule has 0 spiro atoms. The van der Waals surface area contributed by atoms with Gasteiger partial charge < -0.3 is 14.6 Å². The van der Waals surface area contributed by atoms with E-state index in [0.717, 1.165) is 15.8 Å². The number of para-hydroxylation sites is 1. The fraction of sp³-hybridized carbons (Fsp3) is 0.273. The van der Waals surface area contributed by atoms with Crippen molar-refractivity contribution < 1.29 is 19.1 Å². The number of hydrogen-bond donors (Lipinski definition) is 1. The summed E-state index contributed by atoms with van der Waals surface area (Å²) in [6.07, 6.45) is 0.458. The number of fused-ring (bicyclic) bond motifs is 1. The summed E-state index contributed by atoms with van der Waals surface area (Å²) in [6.45, 7) is 3.60. The highest BCUT2D eigenvalue weighted by Gasteiger charge is 2.23. The number of nitrogens with one attached hydrogen (secondary N) is 1. The molecule has 1 atom stereocenters. The molecule has 0 aliphatic rings. The molecule has 7 nitrogen and oxygen atoms in total. The molecule has 0 fully saturated rings. The normalized spacial score (nSPS) is 12.6. The Morgan fingerprint density at radius 3 is 2.50 bits per heavy atom. The zero-order chi connectivity index (χ0) is 21.7. The standard InChI is InChI=1S/C22H23N3O4S/c1-4-16(21(28)23-13-19(26)29-3)25-17-7-5-6-8-18(17)30-22(25)24-20(27)15-11-9-14(2)10-12-15/h5-12,16H,4,13H2,1-3H3,(H,23,28). The van der Waals surface area contributed by atoms with Crippen molar-refractivity contribution in [1.82, 2.24) is 9.88 Å². The molecular weight excluding hydrogens is 402 g/mol. The average molecular weight is 426 g/mol. The summed E-state index contributed by atoms with van der Waals surface area (Å²) >= 11 is 1.34. The Balaban J connectivity index is 2.06. The monoisotopic (exact) mass is 425 g/mol. The number of carbonyl (C=O) groups is 3. The van der Waals surface area contributed by atoms with Crippen molar-refractivity contribution in [2.45, 2.75) is 26.3 Å². The molecule has 2 amide bonds. The van der Waals surface area contributed by atoms with Gasteiger partial charge in [-0.2, -0.15) is 4.99 Å². The maximum atomic E-state index is 12.8. The molecule has 3 rings (SSSR count). The van der Waals surface area contributed by atoms with Gasteiger partial charge in [0.1, 0.15) is 12.6 Å². The highest BCUT2D eigenvalue weighted by molar-refractivity contribution is 7.16. The minimum atomic E-state index is -0.629. The molecule has 0 radical (unpaired) electrons. The minimum absolute atomic E-state index is 0.219. The number of ether oxygens (including phenoxy) is 1. The summed E-state index contributed by atoms with van der Waals surface area (Å²) in [7, 11) is 1.26. The second-order valence-corrected chi connectivity index (χ2v) is 7.73. The Morgan fingerprint density at radius 2 is 1.83 bits per heavy atom. The first-order valence-electron chi connectivity index (χ1n) is 9.55. The SMILES string of the molecule is CCC(C(=O)NCC(=O)OC)n1c(=NC(=O)c2ccc(C)cc2)sc2ccccc21. The predicted octanol–water partition coefficient (Wildman–Crippen LogP) is 2.99. The number of nitrogens with zero attached hydrogens (tertiary/aromatic N) is 2.